The first-order chi connectivity index (χ1) is 8.20. The van der Waals surface area contributed by atoms with E-state index in [1.165, 1.54) is 20.9 Å². The van der Waals surface area contributed by atoms with E-state index in [9.17, 15) is 0 Å². The largest absolute Gasteiger partial charge is 0.306 e. The van der Waals surface area contributed by atoms with E-state index >= 15 is 0 Å². The molecular weight excluding hydrogens is 228 g/mol. The van der Waals surface area contributed by atoms with Crippen molar-refractivity contribution in [3.8, 4) is 0 Å². The van der Waals surface area contributed by atoms with Crippen molar-refractivity contribution in [3.05, 3.63) is 51.5 Å². The zero-order valence-corrected chi connectivity index (χ0v) is 11.3. The van der Waals surface area contributed by atoms with E-state index in [0.717, 1.165) is 6.54 Å². The van der Waals surface area contributed by atoms with E-state index in [-0.39, 0.29) is 6.04 Å². The van der Waals surface area contributed by atoms with Gasteiger partial charge >= 0.3 is 0 Å². The molecule has 0 aliphatic heterocycles. The highest BCUT2D eigenvalue weighted by molar-refractivity contribution is 7.12. The molecular formula is C14H18N2S. The summed E-state index contributed by atoms with van der Waals surface area (Å²) >= 11 is 1.85. The molecule has 0 bridgehead atoms. The number of nitrogens with one attached hydrogen (secondary N) is 1. The highest BCUT2D eigenvalue weighted by Gasteiger charge is 2.14. The number of hydrogen-bond acceptors (Lipinski definition) is 3. The molecule has 1 atom stereocenters. The van der Waals surface area contributed by atoms with Crippen LogP contribution in [0.25, 0.3) is 0 Å². The number of nitrogens with zero attached hydrogens (tertiary/aromatic N) is 1. The normalized spacial score (nSPS) is 12.6. The van der Waals surface area contributed by atoms with Crippen LogP contribution in [0.1, 0.15) is 33.8 Å². The third-order valence-electron chi connectivity index (χ3n) is 2.68. The van der Waals surface area contributed by atoms with Gasteiger partial charge in [-0.2, -0.15) is 0 Å². The molecule has 0 saturated carbocycles. The predicted molar refractivity (Wildman–Crippen MR) is 73.5 cm³/mol. The lowest BCUT2D eigenvalue weighted by molar-refractivity contribution is 0.637. The summed E-state index contributed by atoms with van der Waals surface area (Å²) in [4.78, 5) is 6.99. The first-order valence-electron chi connectivity index (χ1n) is 5.92. The average molecular weight is 246 g/mol. The molecule has 2 heterocycles. The Balaban J connectivity index is 2.35. The molecule has 0 aliphatic rings. The van der Waals surface area contributed by atoms with Gasteiger partial charge in [-0.25, -0.2) is 0 Å². The van der Waals surface area contributed by atoms with Crippen molar-refractivity contribution in [1.82, 2.24) is 10.3 Å². The van der Waals surface area contributed by atoms with Crippen molar-refractivity contribution in [1.29, 1.82) is 0 Å². The van der Waals surface area contributed by atoms with Gasteiger partial charge in [0.25, 0.3) is 0 Å². The summed E-state index contributed by atoms with van der Waals surface area (Å²) in [6.07, 6.45) is 3.85. The molecule has 1 unspecified atom stereocenters. The molecule has 2 aromatic rings. The molecule has 0 spiro atoms. The maximum Gasteiger partial charge on any atom is 0.0686 e. The first-order valence-corrected chi connectivity index (χ1v) is 6.73. The summed E-state index contributed by atoms with van der Waals surface area (Å²) in [7, 11) is 0. The highest BCUT2D eigenvalue weighted by Crippen LogP contribution is 2.28. The minimum absolute atomic E-state index is 0.270. The van der Waals surface area contributed by atoms with Gasteiger partial charge in [0.2, 0.25) is 0 Å². The Morgan fingerprint density at radius 3 is 2.71 bits per heavy atom. The summed E-state index contributed by atoms with van der Waals surface area (Å²) in [5, 5.41) is 3.53. The number of aryl methyl sites for hydroxylation is 2. The second kappa shape index (κ2) is 5.43. The molecule has 0 saturated heterocycles. The van der Waals surface area contributed by atoms with Gasteiger partial charge in [0.1, 0.15) is 0 Å². The van der Waals surface area contributed by atoms with E-state index in [2.05, 4.69) is 49.3 Å². The van der Waals surface area contributed by atoms with Crippen molar-refractivity contribution in [3.63, 3.8) is 0 Å². The van der Waals surface area contributed by atoms with Crippen LogP contribution in [0.3, 0.4) is 0 Å². The molecule has 3 heteroatoms. The minimum Gasteiger partial charge on any atom is -0.306 e. The van der Waals surface area contributed by atoms with Gasteiger partial charge in [-0.15, -0.1) is 11.3 Å². The molecule has 90 valence electrons. The molecule has 2 nitrogen and oxygen atoms in total. The second-order valence-electron chi connectivity index (χ2n) is 4.23. The van der Waals surface area contributed by atoms with Gasteiger partial charge in [0.05, 0.1) is 6.04 Å². The zero-order valence-electron chi connectivity index (χ0n) is 10.5. The van der Waals surface area contributed by atoms with Crippen molar-refractivity contribution in [2.45, 2.75) is 26.8 Å². The van der Waals surface area contributed by atoms with Gasteiger partial charge in [-0.3, -0.25) is 4.98 Å². The van der Waals surface area contributed by atoms with E-state index < -0.39 is 0 Å². The Labute approximate surface area is 107 Å². The highest BCUT2D eigenvalue weighted by atomic mass is 32.1. The van der Waals surface area contributed by atoms with Crippen LogP contribution in [-0.4, -0.2) is 11.5 Å². The fourth-order valence-corrected chi connectivity index (χ4v) is 2.91. The number of pyridine rings is 1. The monoisotopic (exact) mass is 246 g/mol. The summed E-state index contributed by atoms with van der Waals surface area (Å²) < 4.78 is 0. The van der Waals surface area contributed by atoms with Crippen molar-refractivity contribution >= 4 is 11.3 Å². The van der Waals surface area contributed by atoms with Crippen LogP contribution < -0.4 is 5.32 Å². The predicted octanol–water partition coefficient (Wildman–Crippen LogP) is 3.46. The van der Waals surface area contributed by atoms with E-state index in [4.69, 9.17) is 0 Å². The third-order valence-corrected chi connectivity index (χ3v) is 3.75. The molecule has 1 N–H and O–H groups in total. The van der Waals surface area contributed by atoms with E-state index in [1.54, 1.807) is 0 Å². The van der Waals surface area contributed by atoms with E-state index in [1.807, 2.05) is 23.7 Å². The lowest BCUT2D eigenvalue weighted by Gasteiger charge is -2.16. The van der Waals surface area contributed by atoms with Gasteiger partial charge in [-0.05, 0) is 43.7 Å². The van der Waals surface area contributed by atoms with Gasteiger partial charge in [0.15, 0.2) is 0 Å². The molecule has 0 aliphatic carbocycles. The maximum atomic E-state index is 4.28. The number of hydrogen-bond donors (Lipinski definition) is 1. The summed E-state index contributed by atoms with van der Waals surface area (Å²) in [6, 6.07) is 6.85. The second-order valence-corrected chi connectivity index (χ2v) is 5.55. The van der Waals surface area contributed by atoms with Crippen LogP contribution in [0.4, 0.5) is 0 Å². The summed E-state index contributed by atoms with van der Waals surface area (Å²) in [6.45, 7) is 7.32. The third kappa shape index (κ3) is 2.93. The lowest BCUT2D eigenvalue weighted by atomic mass is 10.1. The van der Waals surface area contributed by atoms with Crippen molar-refractivity contribution in [2.24, 2.45) is 0 Å². The van der Waals surface area contributed by atoms with Crippen LogP contribution in [0, 0.1) is 13.8 Å². The SMILES string of the molecule is CCNC(c1cncc(C)c1)c1ccc(C)s1. The summed E-state index contributed by atoms with van der Waals surface area (Å²) in [5.41, 5.74) is 2.45. The number of rotatable bonds is 4. The van der Waals surface area contributed by atoms with Gasteiger partial charge in [-0.1, -0.05) is 13.0 Å². The van der Waals surface area contributed by atoms with Crippen molar-refractivity contribution < 1.29 is 0 Å². The van der Waals surface area contributed by atoms with Crippen molar-refractivity contribution in [2.75, 3.05) is 6.54 Å². The fourth-order valence-electron chi connectivity index (χ4n) is 1.93. The molecule has 0 aromatic carbocycles. The topological polar surface area (TPSA) is 24.9 Å². The Morgan fingerprint density at radius 2 is 2.12 bits per heavy atom. The van der Waals surface area contributed by atoms with Crippen LogP contribution in [0.5, 0.6) is 0 Å². The van der Waals surface area contributed by atoms with Gasteiger partial charge < -0.3 is 5.32 Å². The summed E-state index contributed by atoms with van der Waals surface area (Å²) in [5.74, 6) is 0. The Kier molecular flexibility index (Phi) is 3.92. The van der Waals surface area contributed by atoms with Crippen LogP contribution in [-0.2, 0) is 0 Å². The average Bonchev–Trinajstić information content (AvgIpc) is 2.72. The van der Waals surface area contributed by atoms with Crippen LogP contribution >= 0.6 is 11.3 Å². The van der Waals surface area contributed by atoms with Crippen LogP contribution in [0.2, 0.25) is 0 Å². The molecule has 2 aromatic heterocycles. The molecule has 0 amide bonds. The quantitative estimate of drug-likeness (QED) is 0.893. The molecule has 0 fully saturated rings. The first kappa shape index (κ1) is 12.3. The molecule has 0 radical (unpaired) electrons. The minimum atomic E-state index is 0.270. The number of thiophene rings is 1. The van der Waals surface area contributed by atoms with Crippen LogP contribution in [0.15, 0.2) is 30.6 Å². The fraction of sp³-hybridized carbons (Fsp3) is 0.357. The lowest BCUT2D eigenvalue weighted by Crippen LogP contribution is -2.21. The molecule has 2 rings (SSSR count). The van der Waals surface area contributed by atoms with E-state index in [0.29, 0.717) is 0 Å². The Bertz CT molecular complexity index is 490. The Hall–Kier alpha value is -1.19. The zero-order chi connectivity index (χ0) is 12.3. The standard InChI is InChI=1S/C14H18N2S/c1-4-16-14(13-6-5-11(3)17-13)12-7-10(2)8-15-9-12/h5-9,14,16H,4H2,1-3H3. The Morgan fingerprint density at radius 1 is 1.29 bits per heavy atom. The number of aromatic nitrogens is 1. The smallest absolute Gasteiger partial charge is 0.0686 e. The van der Waals surface area contributed by atoms with Gasteiger partial charge in [0, 0.05) is 22.1 Å². The maximum absolute atomic E-state index is 4.28. The molecule has 17 heavy (non-hydrogen) atoms.